The van der Waals surface area contributed by atoms with Gasteiger partial charge in [-0.25, -0.2) is 12.7 Å². The fraction of sp³-hybridized carbons (Fsp3) is 1.00. The van der Waals surface area contributed by atoms with Gasteiger partial charge in [0.1, 0.15) is 0 Å². The Morgan fingerprint density at radius 2 is 1.80 bits per heavy atom. The molecule has 0 fully saturated rings. The third kappa shape index (κ3) is 7.14. The van der Waals surface area contributed by atoms with E-state index in [4.69, 9.17) is 11.6 Å². The molecule has 0 rings (SSSR count). The van der Waals surface area contributed by atoms with E-state index in [0.717, 1.165) is 0 Å². The topological polar surface area (TPSA) is 37.4 Å². The van der Waals surface area contributed by atoms with Crippen LogP contribution in [0.4, 0.5) is 0 Å². The molecule has 1 unspecified atom stereocenters. The smallest absolute Gasteiger partial charge is 0.212 e. The van der Waals surface area contributed by atoms with Crippen LogP contribution in [-0.4, -0.2) is 37.4 Å². The van der Waals surface area contributed by atoms with Crippen molar-refractivity contribution in [1.29, 1.82) is 0 Å². The van der Waals surface area contributed by atoms with Crippen LogP contribution in [0.25, 0.3) is 0 Å². The minimum Gasteiger partial charge on any atom is -0.212 e. The molecule has 0 heterocycles. The highest BCUT2D eigenvalue weighted by Crippen LogP contribution is 2.20. The van der Waals surface area contributed by atoms with E-state index in [9.17, 15) is 8.42 Å². The van der Waals surface area contributed by atoms with E-state index in [1.807, 2.05) is 20.8 Å². The summed E-state index contributed by atoms with van der Waals surface area (Å²) in [5.74, 6) is 0.191. The molecule has 3 nitrogen and oxygen atoms in total. The van der Waals surface area contributed by atoms with Crippen LogP contribution in [0.15, 0.2) is 0 Å². The molecule has 0 spiro atoms. The molecule has 0 aliphatic heterocycles. The van der Waals surface area contributed by atoms with E-state index in [2.05, 4.69) is 0 Å². The quantitative estimate of drug-likeness (QED) is 0.707. The standard InChI is InChI=1S/C10H22ClNO2S/c1-9(11)8-12(5)15(13,14)7-6-10(2,3)4/h9H,6-8H2,1-5H3. The molecule has 0 bridgehead atoms. The Hall–Kier alpha value is 0.200. The lowest BCUT2D eigenvalue weighted by molar-refractivity contribution is 0.389. The van der Waals surface area contributed by atoms with E-state index in [-0.39, 0.29) is 16.5 Å². The van der Waals surface area contributed by atoms with Gasteiger partial charge in [-0.2, -0.15) is 0 Å². The molecule has 0 aromatic heterocycles. The van der Waals surface area contributed by atoms with Gasteiger partial charge in [-0.15, -0.1) is 11.6 Å². The molecule has 15 heavy (non-hydrogen) atoms. The van der Waals surface area contributed by atoms with Gasteiger partial charge >= 0.3 is 0 Å². The lowest BCUT2D eigenvalue weighted by Crippen LogP contribution is -2.34. The molecule has 0 saturated heterocycles. The summed E-state index contributed by atoms with van der Waals surface area (Å²) in [5, 5.41) is -0.153. The molecule has 0 aliphatic carbocycles. The van der Waals surface area contributed by atoms with Gasteiger partial charge in [0.2, 0.25) is 10.0 Å². The van der Waals surface area contributed by atoms with Crippen molar-refractivity contribution in [3.63, 3.8) is 0 Å². The Kier molecular flexibility index (Phi) is 5.58. The summed E-state index contributed by atoms with van der Waals surface area (Å²) in [6.45, 7) is 8.26. The predicted octanol–water partition coefficient (Wildman–Crippen LogP) is 2.31. The average molecular weight is 256 g/mol. The first kappa shape index (κ1) is 15.2. The maximum atomic E-state index is 11.8. The summed E-state index contributed by atoms with van der Waals surface area (Å²) < 4.78 is 24.9. The number of alkyl halides is 1. The van der Waals surface area contributed by atoms with E-state index in [1.165, 1.54) is 4.31 Å². The molecule has 0 aromatic rings. The fourth-order valence-electron chi connectivity index (χ4n) is 1.06. The third-order valence-corrected chi connectivity index (χ3v) is 4.05. The summed E-state index contributed by atoms with van der Waals surface area (Å²) in [6.07, 6.45) is 0.663. The van der Waals surface area contributed by atoms with Crippen molar-refractivity contribution >= 4 is 21.6 Å². The van der Waals surface area contributed by atoms with Gasteiger partial charge < -0.3 is 0 Å². The largest absolute Gasteiger partial charge is 0.213 e. The second kappa shape index (κ2) is 5.51. The average Bonchev–Trinajstić information content (AvgIpc) is 1.98. The molecular formula is C10H22ClNO2S. The third-order valence-electron chi connectivity index (χ3n) is 2.09. The van der Waals surface area contributed by atoms with Crippen LogP contribution in [-0.2, 0) is 10.0 Å². The number of hydrogen-bond donors (Lipinski definition) is 0. The zero-order chi connectivity index (χ0) is 12.3. The first-order valence-corrected chi connectivity index (χ1v) is 7.17. The van der Waals surface area contributed by atoms with Crippen molar-refractivity contribution in [2.75, 3.05) is 19.3 Å². The van der Waals surface area contributed by atoms with Crippen LogP contribution in [0.5, 0.6) is 0 Å². The monoisotopic (exact) mass is 255 g/mol. The van der Waals surface area contributed by atoms with Gasteiger partial charge in [0.25, 0.3) is 0 Å². The lowest BCUT2D eigenvalue weighted by atomic mass is 9.94. The molecule has 5 heteroatoms. The molecule has 0 amide bonds. The Labute approximate surface area is 98.8 Å². The van der Waals surface area contributed by atoms with Crippen LogP contribution < -0.4 is 0 Å². The first-order chi connectivity index (χ1) is 6.54. The minimum atomic E-state index is -3.14. The molecule has 1 atom stereocenters. The summed E-state index contributed by atoms with van der Waals surface area (Å²) in [4.78, 5) is 0. The number of halogens is 1. The molecule has 0 N–H and O–H groups in total. The van der Waals surface area contributed by atoms with Gasteiger partial charge in [-0.1, -0.05) is 20.8 Å². The number of sulfonamides is 1. The van der Waals surface area contributed by atoms with Crippen LogP contribution in [0, 0.1) is 5.41 Å². The highest BCUT2D eigenvalue weighted by molar-refractivity contribution is 7.89. The second-order valence-corrected chi connectivity index (χ2v) is 8.13. The lowest BCUT2D eigenvalue weighted by Gasteiger charge is -2.22. The number of rotatable bonds is 5. The highest BCUT2D eigenvalue weighted by atomic mass is 35.5. The summed E-state index contributed by atoms with van der Waals surface area (Å²) in [7, 11) is -1.56. The fourth-order valence-corrected chi connectivity index (χ4v) is 2.98. The van der Waals surface area contributed by atoms with Crippen LogP contribution in [0.1, 0.15) is 34.1 Å². The first-order valence-electron chi connectivity index (χ1n) is 5.13. The Balaban J connectivity index is 4.31. The Bertz CT molecular complexity index is 280. The maximum Gasteiger partial charge on any atom is 0.213 e. The maximum absolute atomic E-state index is 11.8. The summed E-state index contributed by atoms with van der Waals surface area (Å²) in [5.41, 5.74) is 0.0422. The van der Waals surface area contributed by atoms with Crippen molar-refractivity contribution in [3.8, 4) is 0 Å². The molecule has 0 radical (unpaired) electrons. The normalized spacial score (nSPS) is 15.7. The van der Waals surface area contributed by atoms with Gasteiger partial charge in [-0.05, 0) is 18.8 Å². The number of hydrogen-bond acceptors (Lipinski definition) is 2. The Morgan fingerprint density at radius 1 is 1.33 bits per heavy atom. The van der Waals surface area contributed by atoms with Gasteiger partial charge in [0.15, 0.2) is 0 Å². The van der Waals surface area contributed by atoms with E-state index < -0.39 is 10.0 Å². The van der Waals surface area contributed by atoms with Crippen LogP contribution in [0.2, 0.25) is 0 Å². The molecule has 0 aliphatic rings. The van der Waals surface area contributed by atoms with Crippen molar-refractivity contribution in [2.24, 2.45) is 5.41 Å². The molecule has 0 aromatic carbocycles. The van der Waals surface area contributed by atoms with Crippen LogP contribution in [0.3, 0.4) is 0 Å². The van der Waals surface area contributed by atoms with E-state index in [1.54, 1.807) is 14.0 Å². The zero-order valence-electron chi connectivity index (χ0n) is 10.2. The van der Waals surface area contributed by atoms with E-state index >= 15 is 0 Å². The Morgan fingerprint density at radius 3 is 2.13 bits per heavy atom. The minimum absolute atomic E-state index is 0.0422. The van der Waals surface area contributed by atoms with Crippen molar-refractivity contribution in [3.05, 3.63) is 0 Å². The number of nitrogens with zero attached hydrogens (tertiary/aromatic N) is 1. The van der Waals surface area contributed by atoms with Gasteiger partial charge in [0, 0.05) is 19.0 Å². The van der Waals surface area contributed by atoms with Gasteiger partial charge in [-0.3, -0.25) is 0 Å². The predicted molar refractivity (Wildman–Crippen MR) is 65.8 cm³/mol. The zero-order valence-corrected chi connectivity index (χ0v) is 11.8. The van der Waals surface area contributed by atoms with Crippen molar-refractivity contribution in [2.45, 2.75) is 39.5 Å². The van der Waals surface area contributed by atoms with E-state index in [0.29, 0.717) is 13.0 Å². The molecule has 0 saturated carbocycles. The molecule has 92 valence electrons. The van der Waals surface area contributed by atoms with Crippen LogP contribution >= 0.6 is 11.6 Å². The summed E-state index contributed by atoms with van der Waals surface area (Å²) >= 11 is 5.76. The van der Waals surface area contributed by atoms with Crippen molar-refractivity contribution in [1.82, 2.24) is 4.31 Å². The van der Waals surface area contributed by atoms with Crippen molar-refractivity contribution < 1.29 is 8.42 Å². The SMILES string of the molecule is CC(Cl)CN(C)S(=O)(=O)CCC(C)(C)C. The van der Waals surface area contributed by atoms with Gasteiger partial charge in [0.05, 0.1) is 5.75 Å². The highest BCUT2D eigenvalue weighted by Gasteiger charge is 2.22. The summed E-state index contributed by atoms with van der Waals surface area (Å²) in [6, 6.07) is 0. The second-order valence-electron chi connectivity index (χ2n) is 5.19. The molecular weight excluding hydrogens is 234 g/mol.